The van der Waals surface area contributed by atoms with Crippen molar-refractivity contribution in [2.75, 3.05) is 13.7 Å². The van der Waals surface area contributed by atoms with Crippen LogP contribution in [0.25, 0.3) is 0 Å². The Hall–Kier alpha value is -3.28. The molecule has 1 N–H and O–H groups in total. The Morgan fingerprint density at radius 2 is 1.93 bits per heavy atom. The van der Waals surface area contributed by atoms with Gasteiger partial charge in [-0.3, -0.25) is 5.41 Å². The predicted molar refractivity (Wildman–Crippen MR) is 103 cm³/mol. The van der Waals surface area contributed by atoms with Crippen molar-refractivity contribution in [3.8, 4) is 29.7 Å². The Labute approximate surface area is 175 Å². The molecular weight excluding hydrogens is 384 g/mol. The van der Waals surface area contributed by atoms with E-state index < -0.39 is 28.6 Å². The first kappa shape index (κ1) is 20.0. The van der Waals surface area contributed by atoms with E-state index in [4.69, 9.17) is 24.4 Å². The monoisotopic (exact) mass is 406 g/mol. The van der Waals surface area contributed by atoms with E-state index in [0.717, 1.165) is 12.8 Å². The lowest BCUT2D eigenvalue weighted by Gasteiger charge is -2.63. The number of hydrogen-bond acceptors (Lipinski definition) is 8. The van der Waals surface area contributed by atoms with Crippen molar-refractivity contribution in [2.24, 2.45) is 16.7 Å². The zero-order valence-corrected chi connectivity index (χ0v) is 16.9. The summed E-state index contributed by atoms with van der Waals surface area (Å²) in [5.74, 6) is -1.28. The fraction of sp³-hybridized carbons (Fsp3) is 0.545. The summed E-state index contributed by atoms with van der Waals surface area (Å²) in [6.07, 6.45) is 1.55. The lowest BCUT2D eigenvalue weighted by Crippen LogP contribution is -2.73. The van der Waals surface area contributed by atoms with Gasteiger partial charge in [-0.05, 0) is 37.5 Å². The Morgan fingerprint density at radius 1 is 1.17 bits per heavy atom. The van der Waals surface area contributed by atoms with Gasteiger partial charge in [-0.1, -0.05) is 12.5 Å². The minimum Gasteiger partial charge on any atom is -0.493 e. The second kappa shape index (κ2) is 6.90. The van der Waals surface area contributed by atoms with Gasteiger partial charge in [0.2, 0.25) is 11.7 Å². The molecule has 154 valence electrons. The van der Waals surface area contributed by atoms with Gasteiger partial charge in [-0.25, -0.2) is 0 Å². The molecule has 3 heterocycles. The highest BCUT2D eigenvalue weighted by Crippen LogP contribution is 2.69. The van der Waals surface area contributed by atoms with E-state index in [-0.39, 0.29) is 5.90 Å². The van der Waals surface area contributed by atoms with Crippen LogP contribution < -0.4 is 9.47 Å². The molecule has 2 bridgehead atoms. The highest BCUT2D eigenvalue weighted by atomic mass is 16.7. The molecule has 0 aromatic heterocycles. The van der Waals surface area contributed by atoms with Crippen LogP contribution in [0.3, 0.4) is 0 Å². The van der Waals surface area contributed by atoms with Crippen molar-refractivity contribution >= 4 is 5.90 Å². The van der Waals surface area contributed by atoms with Crippen LogP contribution in [0.15, 0.2) is 18.2 Å². The van der Waals surface area contributed by atoms with Crippen molar-refractivity contribution in [3.63, 3.8) is 0 Å². The van der Waals surface area contributed by atoms with Crippen LogP contribution >= 0.6 is 0 Å². The number of nitriles is 3. The molecule has 1 spiro atoms. The fourth-order valence-corrected chi connectivity index (χ4v) is 5.26. The maximum absolute atomic E-state index is 10.3. The van der Waals surface area contributed by atoms with Crippen molar-refractivity contribution in [3.05, 3.63) is 23.8 Å². The summed E-state index contributed by atoms with van der Waals surface area (Å²) in [4.78, 5) is 0. The molecule has 0 amide bonds. The zero-order valence-electron chi connectivity index (χ0n) is 16.9. The number of rotatable bonds is 4. The molecule has 0 unspecified atom stereocenters. The quantitative estimate of drug-likeness (QED) is 0.807. The van der Waals surface area contributed by atoms with E-state index >= 15 is 0 Å². The largest absolute Gasteiger partial charge is 0.493 e. The van der Waals surface area contributed by atoms with E-state index in [1.807, 2.05) is 6.92 Å². The highest BCUT2D eigenvalue weighted by Gasteiger charge is 2.80. The maximum Gasteiger partial charge on any atom is 0.218 e. The third kappa shape index (κ3) is 2.24. The molecule has 0 radical (unpaired) electrons. The molecule has 3 aliphatic heterocycles. The van der Waals surface area contributed by atoms with Crippen LogP contribution in [-0.4, -0.2) is 25.4 Å². The summed E-state index contributed by atoms with van der Waals surface area (Å²) < 4.78 is 23.3. The van der Waals surface area contributed by atoms with E-state index in [0.29, 0.717) is 36.5 Å². The summed E-state index contributed by atoms with van der Waals surface area (Å²) in [5.41, 5.74) is -3.12. The Morgan fingerprint density at radius 3 is 2.57 bits per heavy atom. The van der Waals surface area contributed by atoms with E-state index in [1.54, 1.807) is 18.2 Å². The summed E-state index contributed by atoms with van der Waals surface area (Å²) in [6.45, 7) is 2.31. The van der Waals surface area contributed by atoms with E-state index in [1.165, 1.54) is 7.11 Å². The average Bonchev–Trinajstić information content (AvgIpc) is 2.77. The molecule has 1 aromatic rings. The fourth-order valence-electron chi connectivity index (χ4n) is 5.26. The van der Waals surface area contributed by atoms with E-state index in [2.05, 4.69) is 18.2 Å². The molecule has 3 saturated heterocycles. The Balaban J connectivity index is 1.94. The van der Waals surface area contributed by atoms with Crippen molar-refractivity contribution < 1.29 is 18.9 Å². The summed E-state index contributed by atoms with van der Waals surface area (Å²) in [5, 5.41) is 39.4. The smallest absolute Gasteiger partial charge is 0.218 e. The van der Waals surface area contributed by atoms with Gasteiger partial charge in [-0.2, -0.15) is 15.8 Å². The highest BCUT2D eigenvalue weighted by molar-refractivity contribution is 5.89. The van der Waals surface area contributed by atoms with Gasteiger partial charge in [0.25, 0.3) is 0 Å². The number of nitrogens with one attached hydrogen (secondary N) is 1. The topological polar surface area (TPSA) is 132 Å². The number of ether oxygens (including phenoxy) is 4. The molecule has 4 atom stereocenters. The van der Waals surface area contributed by atoms with Crippen LogP contribution in [0.1, 0.15) is 44.3 Å². The molecule has 1 aliphatic carbocycles. The van der Waals surface area contributed by atoms with Gasteiger partial charge < -0.3 is 18.9 Å². The van der Waals surface area contributed by atoms with Crippen molar-refractivity contribution in [2.45, 2.75) is 44.5 Å². The number of hydrogen-bond donors (Lipinski definition) is 1. The van der Waals surface area contributed by atoms with Gasteiger partial charge in [0.15, 0.2) is 22.3 Å². The van der Waals surface area contributed by atoms with E-state index in [9.17, 15) is 15.8 Å². The van der Waals surface area contributed by atoms with Crippen LogP contribution in [-0.2, 0) is 9.47 Å². The summed E-state index contributed by atoms with van der Waals surface area (Å²) in [6, 6.07) is 11.5. The predicted octanol–water partition coefficient (Wildman–Crippen LogP) is 3.60. The first-order valence-corrected chi connectivity index (χ1v) is 9.99. The standard InChI is InChI=1S/C22H22N4O4/c1-3-28-15-8-7-14(10-16(15)27-2)18-21(13-25)19(26)30-22(29-18)9-5-4-6-17(22)20(21,11-23)12-24/h7-8,10,17-18,26H,3-6,9H2,1-2H3/t17-,18-,21+,22+/m0/s1. The lowest BCUT2D eigenvalue weighted by atomic mass is 9.48. The Kier molecular flexibility index (Phi) is 4.60. The number of fused-ring (bicyclic) bond motifs is 2. The van der Waals surface area contributed by atoms with Crippen LogP contribution in [0, 0.1) is 56.2 Å². The summed E-state index contributed by atoms with van der Waals surface area (Å²) >= 11 is 0. The molecular formula is C22H22N4O4. The second-order valence-electron chi connectivity index (χ2n) is 7.83. The zero-order chi connectivity index (χ0) is 21.6. The molecule has 8 nitrogen and oxygen atoms in total. The van der Waals surface area contributed by atoms with Crippen LogP contribution in [0.5, 0.6) is 11.5 Å². The Bertz CT molecular complexity index is 1010. The number of methoxy groups -OCH3 is 1. The van der Waals surface area contributed by atoms with Gasteiger partial charge in [0, 0.05) is 6.42 Å². The second-order valence-corrected chi connectivity index (χ2v) is 7.83. The van der Waals surface area contributed by atoms with Gasteiger partial charge in [0.1, 0.15) is 6.10 Å². The van der Waals surface area contributed by atoms with Gasteiger partial charge in [-0.15, -0.1) is 0 Å². The molecule has 8 heteroatoms. The molecule has 1 aromatic carbocycles. The third-order valence-corrected chi connectivity index (χ3v) is 6.61. The first-order valence-electron chi connectivity index (χ1n) is 9.99. The molecule has 30 heavy (non-hydrogen) atoms. The van der Waals surface area contributed by atoms with Gasteiger partial charge in [0.05, 0.1) is 37.8 Å². The number of nitrogens with zero attached hydrogens (tertiary/aromatic N) is 3. The normalized spacial score (nSPS) is 33.2. The molecule has 1 saturated carbocycles. The minimum absolute atomic E-state index is 0.379. The van der Waals surface area contributed by atoms with Crippen LogP contribution in [0.4, 0.5) is 0 Å². The molecule has 4 fully saturated rings. The third-order valence-electron chi connectivity index (χ3n) is 6.61. The first-order chi connectivity index (χ1) is 14.5. The van der Waals surface area contributed by atoms with Crippen LogP contribution in [0.2, 0.25) is 0 Å². The minimum atomic E-state index is -1.89. The molecule has 4 aliphatic rings. The average molecular weight is 406 g/mol. The maximum atomic E-state index is 10.3. The van der Waals surface area contributed by atoms with Crippen molar-refractivity contribution in [1.29, 1.82) is 21.2 Å². The number of benzene rings is 1. The lowest BCUT2D eigenvalue weighted by molar-refractivity contribution is -0.360. The molecule has 5 rings (SSSR count). The SMILES string of the molecule is CCOc1ccc([C@@H]2O[C@@]34CCCC[C@H]3C(C#N)(C#N)[C@@]2(C#N)C(=N)O4)cc1OC. The van der Waals surface area contributed by atoms with Crippen molar-refractivity contribution in [1.82, 2.24) is 0 Å². The summed E-state index contributed by atoms with van der Waals surface area (Å²) in [7, 11) is 1.51. The van der Waals surface area contributed by atoms with Gasteiger partial charge >= 0.3 is 0 Å².